The van der Waals surface area contributed by atoms with Gasteiger partial charge in [-0.2, -0.15) is 11.7 Å². The minimum atomic E-state index is -0.922. The van der Waals surface area contributed by atoms with Gasteiger partial charge in [0.15, 0.2) is 0 Å². The summed E-state index contributed by atoms with van der Waals surface area (Å²) in [5.41, 5.74) is -1.39. The SMILES string of the molecule is [K+].[K+].[N-]=C=C(CCC(=C=[N-])[N+](=O)[O-])[N+](=O)[O-]. The van der Waals surface area contributed by atoms with Crippen molar-refractivity contribution in [2.75, 3.05) is 0 Å². The van der Waals surface area contributed by atoms with Crippen LogP contribution >= 0.6 is 0 Å². The van der Waals surface area contributed by atoms with Crippen molar-refractivity contribution >= 4 is 11.7 Å². The number of hydrogen-bond acceptors (Lipinski definition) is 4. The minimum absolute atomic E-state index is 0. The summed E-state index contributed by atoms with van der Waals surface area (Å²) in [6.07, 6.45) is -0.819. The van der Waals surface area contributed by atoms with E-state index < -0.39 is 34.1 Å². The molecular formula is C6H4K2N4O4. The van der Waals surface area contributed by atoms with E-state index in [2.05, 4.69) is 0 Å². The van der Waals surface area contributed by atoms with Gasteiger partial charge in [-0.15, -0.1) is 0 Å². The molecule has 0 atom stereocenters. The fraction of sp³-hybridized carbons (Fsp3) is 0.333. The molecule has 0 saturated heterocycles. The first-order chi connectivity index (χ1) is 6.52. The van der Waals surface area contributed by atoms with Gasteiger partial charge in [0.05, 0.1) is 22.7 Å². The summed E-state index contributed by atoms with van der Waals surface area (Å²) in [6.45, 7) is 0. The molecule has 0 aromatic heterocycles. The number of hydrogen-bond donors (Lipinski definition) is 0. The normalized spacial score (nSPS) is 7.25. The van der Waals surface area contributed by atoms with Crippen molar-refractivity contribution in [3.8, 4) is 0 Å². The van der Waals surface area contributed by atoms with Gasteiger partial charge in [0.1, 0.15) is 0 Å². The molecule has 0 N–H and O–H groups in total. The minimum Gasteiger partial charge on any atom is -0.758 e. The summed E-state index contributed by atoms with van der Waals surface area (Å²) >= 11 is 0. The molecule has 16 heavy (non-hydrogen) atoms. The third-order valence-electron chi connectivity index (χ3n) is 1.30. The van der Waals surface area contributed by atoms with Gasteiger partial charge in [-0.25, -0.2) is 0 Å². The summed E-state index contributed by atoms with van der Waals surface area (Å²) in [4.78, 5) is 18.3. The molecule has 0 radical (unpaired) electrons. The number of nitro groups is 2. The Morgan fingerprint density at radius 1 is 0.938 bits per heavy atom. The quantitative estimate of drug-likeness (QED) is 0.214. The molecule has 0 aromatic carbocycles. The van der Waals surface area contributed by atoms with Crippen molar-refractivity contribution in [1.82, 2.24) is 0 Å². The largest absolute Gasteiger partial charge is 1.00 e. The van der Waals surface area contributed by atoms with Gasteiger partial charge in [-0.05, 0) is 0 Å². The van der Waals surface area contributed by atoms with Crippen LogP contribution in [0.1, 0.15) is 12.8 Å². The molecule has 8 nitrogen and oxygen atoms in total. The van der Waals surface area contributed by atoms with E-state index in [9.17, 15) is 20.2 Å². The van der Waals surface area contributed by atoms with E-state index in [1.807, 2.05) is 0 Å². The third kappa shape index (κ3) is 9.05. The Labute approximate surface area is 176 Å². The number of rotatable bonds is 5. The maximum absolute atomic E-state index is 10.1. The Balaban J connectivity index is -0.000000845. The maximum Gasteiger partial charge on any atom is 1.00 e. The van der Waals surface area contributed by atoms with Gasteiger partial charge >= 0.3 is 103 Å². The molecule has 0 aromatic rings. The van der Waals surface area contributed by atoms with Crippen LogP contribution in [0.2, 0.25) is 0 Å². The van der Waals surface area contributed by atoms with Crippen LogP contribution in [0.5, 0.6) is 0 Å². The number of nitrogens with zero attached hydrogens (tertiary/aromatic N) is 4. The smallest absolute Gasteiger partial charge is 0.758 e. The van der Waals surface area contributed by atoms with Crippen molar-refractivity contribution in [2.45, 2.75) is 12.8 Å². The zero-order valence-electron chi connectivity index (χ0n) is 8.84. The molecule has 0 spiro atoms. The second-order valence-corrected chi connectivity index (χ2v) is 2.13. The van der Waals surface area contributed by atoms with Gasteiger partial charge in [0, 0.05) is 0 Å². The standard InChI is InChI=1S/C6H4N4O4.2K/c7-3-5(9(11)12)1-2-6(4-8)10(13)14;;/h1-2H2;;/q-2;2*+1. The molecule has 0 amide bonds. The predicted molar refractivity (Wildman–Crippen MR) is 47.0 cm³/mol. The summed E-state index contributed by atoms with van der Waals surface area (Å²) in [5.74, 6) is 2.58. The number of allylic oxidation sites excluding steroid dienone is 2. The predicted octanol–water partition coefficient (Wildman–Crippen LogP) is -5.43. The zero-order valence-corrected chi connectivity index (χ0v) is 15.1. The molecule has 0 fully saturated rings. The fourth-order valence-electron chi connectivity index (χ4n) is 0.613. The Hall–Kier alpha value is 0.973. The zero-order chi connectivity index (χ0) is 11.1. The second kappa shape index (κ2) is 12.4. The van der Waals surface area contributed by atoms with Crippen LogP contribution in [0, 0.1) is 20.2 Å². The molecule has 0 aliphatic heterocycles. The topological polar surface area (TPSA) is 131 Å². The molecule has 0 aliphatic rings. The van der Waals surface area contributed by atoms with Crippen LogP contribution in [-0.4, -0.2) is 21.6 Å². The molecule has 0 aliphatic carbocycles. The summed E-state index contributed by atoms with van der Waals surface area (Å²) in [6, 6.07) is 0. The van der Waals surface area contributed by atoms with Crippen LogP contribution < -0.4 is 103 Å². The fourth-order valence-corrected chi connectivity index (χ4v) is 0.613. The van der Waals surface area contributed by atoms with Gasteiger partial charge in [-0.1, -0.05) is 0 Å². The van der Waals surface area contributed by atoms with Crippen molar-refractivity contribution < 1.29 is 113 Å². The maximum atomic E-state index is 10.1. The average molecular weight is 274 g/mol. The first-order valence-corrected chi connectivity index (χ1v) is 3.33. The molecule has 0 bridgehead atoms. The summed E-state index contributed by atoms with van der Waals surface area (Å²) < 4.78 is 0. The molecule has 0 unspecified atom stereocenters. The average Bonchev–Trinajstić information content (AvgIpc) is 2.11. The Bertz CT molecular complexity index is 335. The van der Waals surface area contributed by atoms with E-state index in [1.165, 1.54) is 11.7 Å². The molecule has 10 heteroatoms. The molecule has 0 heterocycles. The first-order valence-electron chi connectivity index (χ1n) is 3.33. The van der Waals surface area contributed by atoms with Gasteiger partial charge < -0.3 is 10.8 Å². The van der Waals surface area contributed by atoms with E-state index >= 15 is 0 Å². The Morgan fingerprint density at radius 2 is 1.19 bits per heavy atom. The molecular weight excluding hydrogens is 270 g/mol. The van der Waals surface area contributed by atoms with Crippen molar-refractivity contribution in [3.05, 3.63) is 42.4 Å². The van der Waals surface area contributed by atoms with Crippen LogP contribution in [0.15, 0.2) is 11.4 Å². The van der Waals surface area contributed by atoms with Crippen LogP contribution in [0.3, 0.4) is 0 Å². The van der Waals surface area contributed by atoms with Gasteiger partial charge in [0.2, 0.25) is 0 Å². The Morgan fingerprint density at radius 3 is 1.31 bits per heavy atom. The Kier molecular flexibility index (Phi) is 17.2. The van der Waals surface area contributed by atoms with E-state index in [0.29, 0.717) is 0 Å². The second-order valence-electron chi connectivity index (χ2n) is 2.13. The monoisotopic (exact) mass is 274 g/mol. The van der Waals surface area contributed by atoms with E-state index in [0.717, 1.165) is 0 Å². The van der Waals surface area contributed by atoms with Gasteiger partial charge in [-0.3, -0.25) is 20.2 Å². The summed E-state index contributed by atoms with van der Waals surface area (Å²) in [7, 11) is 0. The van der Waals surface area contributed by atoms with E-state index in [4.69, 9.17) is 10.8 Å². The van der Waals surface area contributed by atoms with Crippen molar-refractivity contribution in [1.29, 1.82) is 0 Å². The van der Waals surface area contributed by atoms with E-state index in [-0.39, 0.29) is 103 Å². The van der Waals surface area contributed by atoms with Gasteiger partial charge in [0.25, 0.3) is 11.4 Å². The third-order valence-corrected chi connectivity index (χ3v) is 1.30. The van der Waals surface area contributed by atoms with Crippen LogP contribution in [-0.2, 0) is 0 Å². The molecule has 0 rings (SSSR count). The van der Waals surface area contributed by atoms with Crippen LogP contribution in [0.4, 0.5) is 0 Å². The van der Waals surface area contributed by atoms with Crippen molar-refractivity contribution in [3.63, 3.8) is 0 Å². The van der Waals surface area contributed by atoms with E-state index in [1.54, 1.807) is 0 Å². The summed E-state index contributed by atoms with van der Waals surface area (Å²) in [5, 5.41) is 36.6. The van der Waals surface area contributed by atoms with Crippen LogP contribution in [0.25, 0.3) is 10.8 Å². The van der Waals surface area contributed by atoms with Crippen molar-refractivity contribution in [2.24, 2.45) is 0 Å². The molecule has 0 saturated carbocycles. The molecule has 74 valence electrons. The first kappa shape index (κ1) is 22.2.